The molecule has 1 N–H and O–H groups in total. The number of carbonyl (C=O) groups excluding carboxylic acids is 1. The van der Waals surface area contributed by atoms with Crippen LogP contribution < -0.4 is 5.56 Å². The van der Waals surface area contributed by atoms with Gasteiger partial charge < -0.3 is 14.3 Å². The number of nitriles is 1. The highest BCUT2D eigenvalue weighted by molar-refractivity contribution is 5.94. The Hall–Kier alpha value is -2.81. The number of carbonyl (C=O) groups is 1. The van der Waals surface area contributed by atoms with Crippen molar-refractivity contribution in [3.63, 3.8) is 0 Å². The predicted octanol–water partition coefficient (Wildman–Crippen LogP) is 1.52. The van der Waals surface area contributed by atoms with Crippen LogP contribution in [-0.4, -0.2) is 22.3 Å². The third-order valence-corrected chi connectivity index (χ3v) is 2.73. The number of nitrogens with one attached hydrogen (secondary N) is 1. The van der Waals surface area contributed by atoms with Gasteiger partial charge in [-0.25, -0.2) is 0 Å². The molecule has 0 spiro atoms. The zero-order valence-corrected chi connectivity index (χ0v) is 10.7. The second-order valence-corrected chi connectivity index (χ2v) is 4.16. The smallest absolute Gasteiger partial charge is 0.254 e. The lowest BCUT2D eigenvalue weighted by molar-refractivity contribution is 0.0735. The molecule has 1 amide bonds. The normalized spacial score (nSPS) is 9.95. The number of hydrogen-bond acceptors (Lipinski definition) is 4. The lowest BCUT2D eigenvalue weighted by atomic mass is 10.2. The van der Waals surface area contributed by atoms with Gasteiger partial charge in [0.05, 0.1) is 25.3 Å². The van der Waals surface area contributed by atoms with Gasteiger partial charge in [0.25, 0.3) is 5.91 Å². The molecule has 6 heteroatoms. The molecule has 20 heavy (non-hydrogen) atoms. The number of aromatic amines is 1. The summed E-state index contributed by atoms with van der Waals surface area (Å²) < 4.78 is 5.21. The molecule has 6 nitrogen and oxygen atoms in total. The number of nitrogens with zero attached hydrogens (tertiary/aromatic N) is 2. The molecule has 0 aromatic carbocycles. The maximum absolute atomic E-state index is 12.4. The van der Waals surface area contributed by atoms with E-state index in [0.717, 1.165) is 0 Å². The van der Waals surface area contributed by atoms with Gasteiger partial charge in [0.1, 0.15) is 5.76 Å². The molecule has 0 saturated heterocycles. The average Bonchev–Trinajstić information content (AvgIpc) is 2.95. The molecule has 0 aliphatic carbocycles. The van der Waals surface area contributed by atoms with Gasteiger partial charge in [-0.2, -0.15) is 5.26 Å². The molecule has 0 unspecified atom stereocenters. The minimum Gasteiger partial charge on any atom is -0.467 e. The van der Waals surface area contributed by atoms with Gasteiger partial charge in [0.2, 0.25) is 5.56 Å². The van der Waals surface area contributed by atoms with Crippen molar-refractivity contribution in [1.82, 2.24) is 9.88 Å². The van der Waals surface area contributed by atoms with Crippen molar-refractivity contribution in [3.8, 4) is 6.07 Å². The molecule has 0 aliphatic rings. The predicted molar refractivity (Wildman–Crippen MR) is 70.7 cm³/mol. The molecule has 2 heterocycles. The Kier molecular flexibility index (Phi) is 4.35. The molecule has 0 bridgehead atoms. The first kappa shape index (κ1) is 13.6. The van der Waals surface area contributed by atoms with Crippen LogP contribution in [0.4, 0.5) is 0 Å². The van der Waals surface area contributed by atoms with E-state index in [1.54, 1.807) is 12.1 Å². The van der Waals surface area contributed by atoms with Gasteiger partial charge in [0.15, 0.2) is 0 Å². The highest BCUT2D eigenvalue weighted by Gasteiger charge is 2.17. The van der Waals surface area contributed by atoms with Crippen molar-refractivity contribution in [1.29, 1.82) is 5.26 Å². The maximum atomic E-state index is 12.4. The van der Waals surface area contributed by atoms with Crippen LogP contribution in [0, 0.1) is 11.3 Å². The monoisotopic (exact) mass is 271 g/mol. The largest absolute Gasteiger partial charge is 0.467 e. The van der Waals surface area contributed by atoms with E-state index in [9.17, 15) is 9.59 Å². The third-order valence-electron chi connectivity index (χ3n) is 2.73. The van der Waals surface area contributed by atoms with Gasteiger partial charge in [-0.1, -0.05) is 0 Å². The fourth-order valence-corrected chi connectivity index (χ4v) is 1.79. The van der Waals surface area contributed by atoms with E-state index < -0.39 is 0 Å². The number of H-pyrrole nitrogens is 1. The number of furan rings is 1. The van der Waals surface area contributed by atoms with Crippen molar-refractivity contribution in [2.45, 2.75) is 13.0 Å². The Morgan fingerprint density at radius 1 is 1.45 bits per heavy atom. The molecule has 0 radical (unpaired) electrons. The van der Waals surface area contributed by atoms with E-state index >= 15 is 0 Å². The van der Waals surface area contributed by atoms with Crippen molar-refractivity contribution in [2.24, 2.45) is 0 Å². The first-order valence-electron chi connectivity index (χ1n) is 6.08. The SMILES string of the molecule is N#CCCN(Cc1ccco1)C(=O)c1cc[nH]c(=O)c1. The van der Waals surface area contributed by atoms with E-state index in [4.69, 9.17) is 9.68 Å². The lowest BCUT2D eigenvalue weighted by Crippen LogP contribution is -2.32. The van der Waals surface area contributed by atoms with E-state index in [-0.39, 0.29) is 31.0 Å². The van der Waals surface area contributed by atoms with E-state index in [1.807, 2.05) is 6.07 Å². The number of amides is 1. The summed E-state index contributed by atoms with van der Waals surface area (Å²) in [6.45, 7) is 0.545. The quantitative estimate of drug-likeness (QED) is 0.892. The summed E-state index contributed by atoms with van der Waals surface area (Å²) in [5.74, 6) is 0.323. The van der Waals surface area contributed by atoms with Gasteiger partial charge in [0, 0.05) is 24.4 Å². The Balaban J connectivity index is 2.19. The Labute approximate surface area is 115 Å². The second kappa shape index (κ2) is 6.38. The van der Waals surface area contributed by atoms with Gasteiger partial charge in [-0.05, 0) is 18.2 Å². The van der Waals surface area contributed by atoms with Gasteiger partial charge >= 0.3 is 0 Å². The lowest BCUT2D eigenvalue weighted by Gasteiger charge is -2.20. The summed E-state index contributed by atoms with van der Waals surface area (Å²) in [6, 6.07) is 8.26. The third kappa shape index (κ3) is 3.36. The standard InChI is InChI=1S/C14H13N3O3/c15-5-2-7-17(10-12-3-1-8-20-12)14(19)11-4-6-16-13(18)9-11/h1,3-4,6,8-9H,2,7,10H2,(H,16,18). The highest BCUT2D eigenvalue weighted by atomic mass is 16.3. The minimum atomic E-state index is -0.339. The Morgan fingerprint density at radius 3 is 2.95 bits per heavy atom. The maximum Gasteiger partial charge on any atom is 0.254 e. The van der Waals surface area contributed by atoms with Gasteiger partial charge in [-0.15, -0.1) is 0 Å². The van der Waals surface area contributed by atoms with E-state index in [2.05, 4.69) is 4.98 Å². The molecular weight excluding hydrogens is 258 g/mol. The van der Waals surface area contributed by atoms with Gasteiger partial charge in [-0.3, -0.25) is 9.59 Å². The topological polar surface area (TPSA) is 90.1 Å². The number of pyridine rings is 1. The molecule has 0 aliphatic heterocycles. The van der Waals surface area contributed by atoms with Crippen LogP contribution in [0.5, 0.6) is 0 Å². The summed E-state index contributed by atoms with van der Waals surface area (Å²) in [5, 5.41) is 8.67. The van der Waals surface area contributed by atoms with Crippen LogP contribution in [0.15, 0.2) is 45.9 Å². The van der Waals surface area contributed by atoms with Crippen LogP contribution in [0.3, 0.4) is 0 Å². The fraction of sp³-hybridized carbons (Fsp3) is 0.214. The van der Waals surface area contributed by atoms with E-state index in [0.29, 0.717) is 11.3 Å². The zero-order chi connectivity index (χ0) is 14.4. The molecule has 0 fully saturated rings. The highest BCUT2D eigenvalue weighted by Crippen LogP contribution is 2.10. The summed E-state index contributed by atoms with van der Waals surface area (Å²) in [4.78, 5) is 27.5. The molecule has 102 valence electrons. The summed E-state index contributed by atoms with van der Waals surface area (Å²) in [5.41, 5.74) is -0.0488. The molecule has 0 saturated carbocycles. The van der Waals surface area contributed by atoms with Crippen LogP contribution in [0.25, 0.3) is 0 Å². The number of hydrogen-bond donors (Lipinski definition) is 1. The second-order valence-electron chi connectivity index (χ2n) is 4.16. The summed E-state index contributed by atoms with van der Waals surface area (Å²) in [7, 11) is 0. The molecule has 2 aromatic rings. The van der Waals surface area contributed by atoms with Crippen molar-refractivity contribution in [3.05, 3.63) is 58.4 Å². The van der Waals surface area contributed by atoms with E-state index in [1.165, 1.54) is 29.5 Å². The first-order chi connectivity index (χ1) is 9.70. The average molecular weight is 271 g/mol. The molecule has 2 aromatic heterocycles. The molecule has 0 atom stereocenters. The first-order valence-corrected chi connectivity index (χ1v) is 6.08. The molecular formula is C14H13N3O3. The van der Waals surface area contributed by atoms with Crippen LogP contribution in [0.1, 0.15) is 22.5 Å². The number of rotatable bonds is 5. The Morgan fingerprint density at radius 2 is 2.30 bits per heavy atom. The van der Waals surface area contributed by atoms with Crippen molar-refractivity contribution < 1.29 is 9.21 Å². The summed E-state index contributed by atoms with van der Waals surface area (Å²) in [6.07, 6.45) is 3.16. The van der Waals surface area contributed by atoms with Crippen LogP contribution in [0.2, 0.25) is 0 Å². The van der Waals surface area contributed by atoms with Crippen molar-refractivity contribution in [2.75, 3.05) is 6.54 Å². The Bertz CT molecular complexity index is 667. The minimum absolute atomic E-state index is 0.218. The fourth-order valence-electron chi connectivity index (χ4n) is 1.79. The van der Waals surface area contributed by atoms with Crippen LogP contribution in [-0.2, 0) is 6.54 Å². The van der Waals surface area contributed by atoms with Crippen molar-refractivity contribution >= 4 is 5.91 Å². The van der Waals surface area contributed by atoms with Crippen LogP contribution >= 0.6 is 0 Å². The number of aromatic nitrogens is 1. The molecule has 2 rings (SSSR count). The zero-order valence-electron chi connectivity index (χ0n) is 10.7. The summed E-state index contributed by atoms with van der Waals surface area (Å²) >= 11 is 0.